The van der Waals surface area contributed by atoms with Crippen molar-refractivity contribution in [2.24, 2.45) is 0 Å². The molecule has 0 spiro atoms. The molecule has 0 radical (unpaired) electrons. The van der Waals surface area contributed by atoms with E-state index in [0.717, 1.165) is 39.5 Å². The smallest absolute Gasteiger partial charge is 0.0731 e. The molecule has 1 saturated heterocycles. The molecule has 3 nitrogen and oxygen atoms in total. The number of morpholine rings is 1. The van der Waals surface area contributed by atoms with E-state index in [4.69, 9.17) is 9.47 Å². The molecule has 1 rings (SSSR count). The summed E-state index contributed by atoms with van der Waals surface area (Å²) < 4.78 is 11.0. The summed E-state index contributed by atoms with van der Waals surface area (Å²) in [7, 11) is 0. The van der Waals surface area contributed by atoms with Crippen molar-refractivity contribution in [1.82, 2.24) is 4.90 Å². The van der Waals surface area contributed by atoms with Crippen LogP contribution in [0, 0.1) is 0 Å². The Morgan fingerprint density at radius 3 is 2.76 bits per heavy atom. The second-order valence-electron chi connectivity index (χ2n) is 4.42. The van der Waals surface area contributed by atoms with Crippen LogP contribution in [0.4, 0.5) is 0 Å². The van der Waals surface area contributed by atoms with Gasteiger partial charge < -0.3 is 9.47 Å². The highest BCUT2D eigenvalue weighted by molar-refractivity contribution is 5.15. The number of hydrogen-bond acceptors (Lipinski definition) is 3. The highest BCUT2D eigenvalue weighted by Crippen LogP contribution is 2.01. The molecule has 0 bridgehead atoms. The summed E-state index contributed by atoms with van der Waals surface area (Å²) in [4.78, 5) is 2.39. The van der Waals surface area contributed by atoms with Crippen LogP contribution in [0.1, 0.15) is 20.8 Å². The molecule has 1 heterocycles. The van der Waals surface area contributed by atoms with Crippen LogP contribution in [0.25, 0.3) is 0 Å². The predicted molar refractivity (Wildman–Crippen MR) is 71.2 cm³/mol. The van der Waals surface area contributed by atoms with Gasteiger partial charge in [0, 0.05) is 19.6 Å². The molecule has 1 aliphatic heterocycles. The fourth-order valence-corrected chi connectivity index (χ4v) is 1.63. The standard InChI is InChI=1S/C14H25NO2/c1-4-13(2)5-6-14(3)17-12-9-15-7-10-16-11-8-15/h4-6,14H,7-12H2,1-3H3/b6-5-,13-4-. The lowest BCUT2D eigenvalue weighted by atomic mass is 10.2. The average Bonchev–Trinajstić information content (AvgIpc) is 2.37. The van der Waals surface area contributed by atoms with Crippen molar-refractivity contribution >= 4 is 0 Å². The molecule has 98 valence electrons. The Kier molecular flexibility index (Phi) is 7.17. The molecule has 0 aromatic rings. The molecular formula is C14H25NO2. The van der Waals surface area contributed by atoms with Crippen LogP contribution >= 0.6 is 0 Å². The van der Waals surface area contributed by atoms with Crippen molar-refractivity contribution in [3.05, 3.63) is 23.8 Å². The Balaban J connectivity index is 2.10. The second kappa shape index (κ2) is 8.45. The molecule has 1 aliphatic rings. The molecular weight excluding hydrogens is 214 g/mol. The Hall–Kier alpha value is -0.640. The molecule has 17 heavy (non-hydrogen) atoms. The lowest BCUT2D eigenvalue weighted by Gasteiger charge is -2.26. The van der Waals surface area contributed by atoms with Crippen molar-refractivity contribution in [1.29, 1.82) is 0 Å². The van der Waals surface area contributed by atoms with Gasteiger partial charge in [-0.3, -0.25) is 4.90 Å². The van der Waals surface area contributed by atoms with Crippen LogP contribution in [0.5, 0.6) is 0 Å². The molecule has 0 N–H and O–H groups in total. The fraction of sp³-hybridized carbons (Fsp3) is 0.714. The topological polar surface area (TPSA) is 21.7 Å². The van der Waals surface area contributed by atoms with Gasteiger partial charge in [0.1, 0.15) is 0 Å². The van der Waals surface area contributed by atoms with E-state index >= 15 is 0 Å². The van der Waals surface area contributed by atoms with Gasteiger partial charge in [-0.1, -0.05) is 23.8 Å². The van der Waals surface area contributed by atoms with Gasteiger partial charge in [0.05, 0.1) is 25.9 Å². The van der Waals surface area contributed by atoms with Crippen molar-refractivity contribution < 1.29 is 9.47 Å². The van der Waals surface area contributed by atoms with E-state index in [2.05, 4.69) is 37.0 Å². The first-order chi connectivity index (χ1) is 8.22. The van der Waals surface area contributed by atoms with Gasteiger partial charge in [0.2, 0.25) is 0 Å². The van der Waals surface area contributed by atoms with Gasteiger partial charge >= 0.3 is 0 Å². The fourth-order valence-electron chi connectivity index (χ4n) is 1.63. The highest BCUT2D eigenvalue weighted by atomic mass is 16.5. The quantitative estimate of drug-likeness (QED) is 0.664. The summed E-state index contributed by atoms with van der Waals surface area (Å²) in [6.07, 6.45) is 6.50. The van der Waals surface area contributed by atoms with Crippen LogP contribution in [0.15, 0.2) is 23.8 Å². The van der Waals surface area contributed by atoms with Crippen molar-refractivity contribution in [3.63, 3.8) is 0 Å². The third-order valence-electron chi connectivity index (χ3n) is 2.98. The largest absolute Gasteiger partial charge is 0.379 e. The lowest BCUT2D eigenvalue weighted by Crippen LogP contribution is -2.38. The third-order valence-corrected chi connectivity index (χ3v) is 2.98. The summed E-state index contributed by atoms with van der Waals surface area (Å²) >= 11 is 0. The van der Waals surface area contributed by atoms with Crippen molar-refractivity contribution in [2.75, 3.05) is 39.5 Å². The van der Waals surface area contributed by atoms with Crippen molar-refractivity contribution in [3.8, 4) is 0 Å². The molecule has 1 unspecified atom stereocenters. The lowest BCUT2D eigenvalue weighted by molar-refractivity contribution is 0.0140. The zero-order chi connectivity index (χ0) is 12.5. The summed E-state index contributed by atoms with van der Waals surface area (Å²) in [5, 5.41) is 0. The van der Waals surface area contributed by atoms with E-state index in [1.165, 1.54) is 5.57 Å². The van der Waals surface area contributed by atoms with E-state index < -0.39 is 0 Å². The van der Waals surface area contributed by atoms with E-state index in [-0.39, 0.29) is 6.10 Å². The second-order valence-corrected chi connectivity index (χ2v) is 4.42. The van der Waals surface area contributed by atoms with E-state index in [0.29, 0.717) is 0 Å². The molecule has 0 aromatic carbocycles. The van der Waals surface area contributed by atoms with Gasteiger partial charge in [0.15, 0.2) is 0 Å². The highest BCUT2D eigenvalue weighted by Gasteiger charge is 2.09. The molecule has 1 atom stereocenters. The minimum Gasteiger partial charge on any atom is -0.379 e. The number of nitrogens with zero attached hydrogens (tertiary/aromatic N) is 1. The normalized spacial score (nSPS) is 21.0. The minimum atomic E-state index is 0.186. The Bertz CT molecular complexity index is 255. The SMILES string of the molecule is C/C=C(C)\C=C/C(C)OCCN1CCOCC1. The summed E-state index contributed by atoms with van der Waals surface area (Å²) in [5.74, 6) is 0. The number of rotatable bonds is 6. The number of allylic oxidation sites excluding steroid dienone is 3. The summed E-state index contributed by atoms with van der Waals surface area (Å²) in [5.41, 5.74) is 1.27. The summed E-state index contributed by atoms with van der Waals surface area (Å²) in [6, 6.07) is 0. The van der Waals surface area contributed by atoms with Gasteiger partial charge in [-0.05, 0) is 20.8 Å². The van der Waals surface area contributed by atoms with Crippen LogP contribution < -0.4 is 0 Å². The molecule has 1 fully saturated rings. The average molecular weight is 239 g/mol. The molecule has 3 heteroatoms. The van der Waals surface area contributed by atoms with Gasteiger partial charge in [-0.15, -0.1) is 0 Å². The molecule has 0 aliphatic carbocycles. The first kappa shape index (κ1) is 14.4. The van der Waals surface area contributed by atoms with Crippen LogP contribution in [0.3, 0.4) is 0 Å². The molecule has 0 saturated carbocycles. The Morgan fingerprint density at radius 1 is 1.41 bits per heavy atom. The zero-order valence-corrected chi connectivity index (χ0v) is 11.3. The maximum atomic E-state index is 5.74. The maximum absolute atomic E-state index is 5.74. The van der Waals surface area contributed by atoms with E-state index in [1.807, 2.05) is 6.92 Å². The van der Waals surface area contributed by atoms with Crippen LogP contribution in [-0.2, 0) is 9.47 Å². The Labute approximate surface area is 105 Å². The number of ether oxygens (including phenoxy) is 2. The first-order valence-corrected chi connectivity index (χ1v) is 6.45. The number of hydrogen-bond donors (Lipinski definition) is 0. The van der Waals surface area contributed by atoms with Gasteiger partial charge in [0.25, 0.3) is 0 Å². The Morgan fingerprint density at radius 2 is 2.12 bits per heavy atom. The zero-order valence-electron chi connectivity index (χ0n) is 11.3. The molecule has 0 amide bonds. The van der Waals surface area contributed by atoms with E-state index in [9.17, 15) is 0 Å². The first-order valence-electron chi connectivity index (χ1n) is 6.45. The monoisotopic (exact) mass is 239 g/mol. The predicted octanol–water partition coefficient (Wildman–Crippen LogP) is 2.25. The van der Waals surface area contributed by atoms with Gasteiger partial charge in [-0.25, -0.2) is 0 Å². The maximum Gasteiger partial charge on any atom is 0.0731 e. The minimum absolute atomic E-state index is 0.186. The van der Waals surface area contributed by atoms with Crippen molar-refractivity contribution in [2.45, 2.75) is 26.9 Å². The third kappa shape index (κ3) is 6.61. The van der Waals surface area contributed by atoms with Gasteiger partial charge in [-0.2, -0.15) is 0 Å². The van der Waals surface area contributed by atoms with Crippen LogP contribution in [0.2, 0.25) is 0 Å². The van der Waals surface area contributed by atoms with E-state index in [1.54, 1.807) is 0 Å². The molecule has 0 aromatic heterocycles. The summed E-state index contributed by atoms with van der Waals surface area (Å²) in [6.45, 7) is 11.8. The van der Waals surface area contributed by atoms with Crippen LogP contribution in [-0.4, -0.2) is 50.5 Å².